The van der Waals surface area contributed by atoms with Gasteiger partial charge in [0.05, 0.1) is 5.52 Å². The minimum absolute atomic E-state index is 1.20. The molecule has 1 heterocycles. The first kappa shape index (κ1) is 12.0. The highest BCUT2D eigenvalue weighted by atomic mass is 14.7. The number of aromatic nitrogens is 1. The number of H-pyrrole nitrogens is 1. The van der Waals surface area contributed by atoms with Gasteiger partial charge in [-0.15, -0.1) is 0 Å². The lowest BCUT2D eigenvalue weighted by molar-refractivity contribution is 1.47. The molecule has 0 amide bonds. The van der Waals surface area contributed by atoms with Gasteiger partial charge in [0.15, 0.2) is 0 Å². The first-order valence-corrected chi connectivity index (χ1v) is 7.14. The van der Waals surface area contributed by atoms with Crippen molar-refractivity contribution in [3.05, 3.63) is 85.1 Å². The Kier molecular flexibility index (Phi) is 2.82. The maximum absolute atomic E-state index is 3.40. The number of benzene rings is 3. The number of hydrogen-bond donors (Lipinski definition) is 1. The number of rotatable bonds is 2. The molecule has 4 rings (SSSR count). The fraction of sp³-hybridized carbons (Fsp3) is 0. The van der Waals surface area contributed by atoms with Crippen molar-refractivity contribution in [3.8, 4) is 22.3 Å². The summed E-state index contributed by atoms with van der Waals surface area (Å²) in [6, 6.07) is 27.6. The molecule has 1 nitrogen and oxygen atoms in total. The van der Waals surface area contributed by atoms with Crippen LogP contribution in [0.1, 0.15) is 0 Å². The summed E-state index contributed by atoms with van der Waals surface area (Å²) in [4.78, 5) is 3.40. The second-order valence-corrected chi connectivity index (χ2v) is 5.16. The molecule has 0 aliphatic rings. The van der Waals surface area contributed by atoms with Gasteiger partial charge in [-0.25, -0.2) is 0 Å². The van der Waals surface area contributed by atoms with Crippen molar-refractivity contribution in [2.45, 2.75) is 0 Å². The molecule has 21 heavy (non-hydrogen) atoms. The van der Waals surface area contributed by atoms with Crippen LogP contribution in [0.2, 0.25) is 0 Å². The average molecular weight is 269 g/mol. The van der Waals surface area contributed by atoms with E-state index < -0.39 is 0 Å². The van der Waals surface area contributed by atoms with E-state index >= 15 is 0 Å². The van der Waals surface area contributed by atoms with Crippen LogP contribution < -0.4 is 0 Å². The molecule has 1 heteroatoms. The second-order valence-electron chi connectivity index (χ2n) is 5.16. The van der Waals surface area contributed by atoms with Gasteiger partial charge in [0.2, 0.25) is 0 Å². The monoisotopic (exact) mass is 269 g/mol. The zero-order valence-corrected chi connectivity index (χ0v) is 11.6. The summed E-state index contributed by atoms with van der Waals surface area (Å²) >= 11 is 0. The minimum atomic E-state index is 1.20. The highest BCUT2D eigenvalue weighted by molar-refractivity contribution is 6.03. The van der Waals surface area contributed by atoms with Crippen molar-refractivity contribution in [1.82, 2.24) is 4.98 Å². The quantitative estimate of drug-likeness (QED) is 0.494. The van der Waals surface area contributed by atoms with Gasteiger partial charge in [-0.3, -0.25) is 0 Å². The third kappa shape index (κ3) is 2.03. The molecule has 0 bridgehead atoms. The third-order valence-electron chi connectivity index (χ3n) is 3.89. The van der Waals surface area contributed by atoms with Gasteiger partial charge in [0.1, 0.15) is 0 Å². The molecule has 4 aromatic rings. The van der Waals surface area contributed by atoms with Gasteiger partial charge in [0, 0.05) is 17.1 Å². The van der Waals surface area contributed by atoms with Crippen LogP contribution in [0.25, 0.3) is 33.2 Å². The van der Waals surface area contributed by atoms with Crippen molar-refractivity contribution in [2.24, 2.45) is 0 Å². The van der Waals surface area contributed by atoms with Crippen LogP contribution in [-0.4, -0.2) is 4.98 Å². The zero-order valence-electron chi connectivity index (χ0n) is 11.6. The van der Waals surface area contributed by atoms with E-state index in [1.807, 2.05) is 12.3 Å². The van der Waals surface area contributed by atoms with E-state index in [0.717, 1.165) is 0 Å². The largest absolute Gasteiger partial charge is 0.361 e. The summed E-state index contributed by atoms with van der Waals surface area (Å²) < 4.78 is 0. The molecule has 0 aliphatic carbocycles. The summed E-state index contributed by atoms with van der Waals surface area (Å²) in [5.41, 5.74) is 6.20. The summed E-state index contributed by atoms with van der Waals surface area (Å²) in [5.74, 6) is 0. The third-order valence-corrected chi connectivity index (χ3v) is 3.89. The van der Waals surface area contributed by atoms with Crippen molar-refractivity contribution in [2.75, 3.05) is 0 Å². The Hall–Kier alpha value is -2.80. The lowest BCUT2D eigenvalue weighted by atomic mass is 9.96. The van der Waals surface area contributed by atoms with Gasteiger partial charge in [-0.1, -0.05) is 72.8 Å². The average Bonchev–Trinajstić information content (AvgIpc) is 3.05. The summed E-state index contributed by atoms with van der Waals surface area (Å²) in [5, 5.41) is 1.27. The fourth-order valence-corrected chi connectivity index (χ4v) is 2.88. The summed E-state index contributed by atoms with van der Waals surface area (Å²) in [7, 11) is 0. The van der Waals surface area contributed by atoms with E-state index in [-0.39, 0.29) is 0 Å². The van der Waals surface area contributed by atoms with Gasteiger partial charge < -0.3 is 4.98 Å². The van der Waals surface area contributed by atoms with Gasteiger partial charge >= 0.3 is 0 Å². The Labute approximate surface area is 123 Å². The summed E-state index contributed by atoms with van der Waals surface area (Å²) in [6.07, 6.45) is 2.02. The molecule has 1 aromatic heterocycles. The Morgan fingerprint density at radius 2 is 1.10 bits per heavy atom. The number of hydrogen-bond acceptors (Lipinski definition) is 0. The van der Waals surface area contributed by atoms with Crippen LogP contribution in [0.4, 0.5) is 0 Å². The van der Waals surface area contributed by atoms with Crippen LogP contribution in [0.15, 0.2) is 85.1 Å². The standard InChI is InChI=1S/C20H15N/c1-3-7-15(8-4-1)17-11-12-18(16-9-5-2-6-10-16)20-19(17)13-14-21-20/h1-14,21H. The Morgan fingerprint density at radius 1 is 0.524 bits per heavy atom. The van der Waals surface area contributed by atoms with Crippen molar-refractivity contribution >= 4 is 10.9 Å². The van der Waals surface area contributed by atoms with Crippen LogP contribution in [0.5, 0.6) is 0 Å². The maximum atomic E-state index is 3.40. The van der Waals surface area contributed by atoms with E-state index in [0.29, 0.717) is 0 Å². The van der Waals surface area contributed by atoms with E-state index in [9.17, 15) is 0 Å². The molecule has 0 saturated heterocycles. The predicted octanol–water partition coefficient (Wildman–Crippen LogP) is 5.50. The van der Waals surface area contributed by atoms with Crippen LogP contribution in [0.3, 0.4) is 0 Å². The lowest BCUT2D eigenvalue weighted by Gasteiger charge is -2.08. The van der Waals surface area contributed by atoms with Gasteiger partial charge in [-0.05, 0) is 22.8 Å². The first-order chi connectivity index (χ1) is 10.4. The van der Waals surface area contributed by atoms with Crippen molar-refractivity contribution < 1.29 is 0 Å². The molecule has 3 aromatic carbocycles. The van der Waals surface area contributed by atoms with Gasteiger partial charge in [-0.2, -0.15) is 0 Å². The minimum Gasteiger partial charge on any atom is -0.361 e. The molecule has 0 fully saturated rings. The molecule has 0 aliphatic heterocycles. The van der Waals surface area contributed by atoms with Crippen LogP contribution in [-0.2, 0) is 0 Å². The Bertz CT molecular complexity index is 800. The zero-order chi connectivity index (χ0) is 14.1. The second kappa shape index (κ2) is 4.95. The highest BCUT2D eigenvalue weighted by Gasteiger charge is 2.09. The molecule has 0 radical (unpaired) electrons. The van der Waals surface area contributed by atoms with E-state index in [1.54, 1.807) is 0 Å². The van der Waals surface area contributed by atoms with E-state index in [1.165, 1.54) is 33.2 Å². The number of aromatic amines is 1. The van der Waals surface area contributed by atoms with E-state index in [4.69, 9.17) is 0 Å². The van der Waals surface area contributed by atoms with Crippen LogP contribution >= 0.6 is 0 Å². The molecule has 0 unspecified atom stereocenters. The number of fused-ring (bicyclic) bond motifs is 1. The lowest BCUT2D eigenvalue weighted by Crippen LogP contribution is -1.84. The summed E-state index contributed by atoms with van der Waals surface area (Å²) in [6.45, 7) is 0. The molecule has 1 N–H and O–H groups in total. The fourth-order valence-electron chi connectivity index (χ4n) is 2.88. The predicted molar refractivity (Wildman–Crippen MR) is 89.2 cm³/mol. The van der Waals surface area contributed by atoms with Crippen molar-refractivity contribution in [3.63, 3.8) is 0 Å². The first-order valence-electron chi connectivity index (χ1n) is 7.14. The highest BCUT2D eigenvalue weighted by Crippen LogP contribution is 2.34. The van der Waals surface area contributed by atoms with Crippen molar-refractivity contribution in [1.29, 1.82) is 0 Å². The normalized spacial score (nSPS) is 10.9. The molecular weight excluding hydrogens is 254 g/mol. The number of nitrogens with one attached hydrogen (secondary N) is 1. The Balaban J connectivity index is 1.97. The molecular formula is C20H15N. The smallest absolute Gasteiger partial charge is 0.0539 e. The topological polar surface area (TPSA) is 15.8 Å². The van der Waals surface area contributed by atoms with Crippen LogP contribution in [0, 0.1) is 0 Å². The van der Waals surface area contributed by atoms with Gasteiger partial charge in [0.25, 0.3) is 0 Å². The molecule has 0 atom stereocenters. The molecule has 0 spiro atoms. The van der Waals surface area contributed by atoms with E-state index in [2.05, 4.69) is 77.8 Å². The Morgan fingerprint density at radius 3 is 1.76 bits per heavy atom. The molecule has 100 valence electrons. The molecule has 0 saturated carbocycles. The maximum Gasteiger partial charge on any atom is 0.0539 e. The SMILES string of the molecule is c1ccc(-c2ccc(-c3ccccc3)c3[nH]ccc23)cc1.